The maximum Gasteiger partial charge on any atom is 0.224 e. The van der Waals surface area contributed by atoms with Crippen molar-refractivity contribution in [2.45, 2.75) is 18.9 Å². The Kier molecular flexibility index (Phi) is 4.06. The first-order chi connectivity index (χ1) is 10.6. The Labute approximate surface area is 127 Å². The quantitative estimate of drug-likeness (QED) is 0.913. The van der Waals surface area contributed by atoms with Crippen LogP contribution in [0.25, 0.3) is 0 Å². The van der Waals surface area contributed by atoms with Crippen molar-refractivity contribution >= 4 is 11.6 Å². The number of aliphatic hydroxyl groups is 1. The molecule has 1 aliphatic rings. The standard InChI is InChI=1S/C17H16FNO3/c18-14-9-12(8-11-6-7-16(21)19-17(11)14)15(20)10-22-13-4-2-1-3-5-13/h1-5,8-9,15,20H,6-7,10H2,(H,19,21). The number of benzene rings is 2. The van der Waals surface area contributed by atoms with Gasteiger partial charge < -0.3 is 15.2 Å². The highest BCUT2D eigenvalue weighted by Crippen LogP contribution is 2.29. The van der Waals surface area contributed by atoms with E-state index in [0.717, 1.165) is 0 Å². The van der Waals surface area contributed by atoms with Crippen molar-refractivity contribution in [3.63, 3.8) is 0 Å². The summed E-state index contributed by atoms with van der Waals surface area (Å²) in [5.74, 6) is -0.0707. The first kappa shape index (κ1) is 14.5. The minimum absolute atomic E-state index is 0.0363. The lowest BCUT2D eigenvalue weighted by atomic mass is 9.98. The van der Waals surface area contributed by atoms with E-state index in [1.807, 2.05) is 18.2 Å². The molecule has 0 spiro atoms. The van der Waals surface area contributed by atoms with E-state index < -0.39 is 11.9 Å². The fourth-order valence-corrected chi connectivity index (χ4v) is 2.45. The lowest BCUT2D eigenvalue weighted by Gasteiger charge is -2.20. The zero-order chi connectivity index (χ0) is 15.5. The molecule has 1 aliphatic heterocycles. The summed E-state index contributed by atoms with van der Waals surface area (Å²) in [4.78, 5) is 11.3. The Bertz CT molecular complexity index is 688. The van der Waals surface area contributed by atoms with Gasteiger partial charge in [-0.3, -0.25) is 4.79 Å². The summed E-state index contributed by atoms with van der Waals surface area (Å²) < 4.78 is 19.5. The summed E-state index contributed by atoms with van der Waals surface area (Å²) >= 11 is 0. The van der Waals surface area contributed by atoms with E-state index in [1.54, 1.807) is 18.2 Å². The van der Waals surface area contributed by atoms with Gasteiger partial charge in [0.05, 0.1) is 5.69 Å². The van der Waals surface area contributed by atoms with Gasteiger partial charge in [-0.15, -0.1) is 0 Å². The van der Waals surface area contributed by atoms with Gasteiger partial charge in [-0.25, -0.2) is 4.39 Å². The fraction of sp³-hybridized carbons (Fsp3) is 0.235. The van der Waals surface area contributed by atoms with E-state index in [1.165, 1.54) is 6.07 Å². The van der Waals surface area contributed by atoms with Gasteiger partial charge in [-0.1, -0.05) is 24.3 Å². The normalized spacial score (nSPS) is 14.9. The second kappa shape index (κ2) is 6.15. The molecule has 1 heterocycles. The fourth-order valence-electron chi connectivity index (χ4n) is 2.45. The molecule has 2 N–H and O–H groups in total. The SMILES string of the molecule is O=C1CCc2cc(C(O)COc3ccccc3)cc(F)c2N1. The van der Waals surface area contributed by atoms with Crippen LogP contribution < -0.4 is 10.1 Å². The molecule has 0 radical (unpaired) electrons. The number of fused-ring (bicyclic) bond motifs is 1. The zero-order valence-corrected chi connectivity index (χ0v) is 11.9. The van der Waals surface area contributed by atoms with Gasteiger partial charge in [-0.2, -0.15) is 0 Å². The molecule has 0 saturated carbocycles. The van der Waals surface area contributed by atoms with E-state index in [2.05, 4.69) is 5.32 Å². The molecule has 22 heavy (non-hydrogen) atoms. The molecule has 2 aromatic carbocycles. The van der Waals surface area contributed by atoms with Gasteiger partial charge in [0.25, 0.3) is 0 Å². The van der Waals surface area contributed by atoms with Crippen molar-refractivity contribution in [2.75, 3.05) is 11.9 Å². The molecule has 0 bridgehead atoms. The Hall–Kier alpha value is -2.40. The Morgan fingerprint density at radius 3 is 2.77 bits per heavy atom. The number of para-hydroxylation sites is 1. The highest BCUT2D eigenvalue weighted by atomic mass is 19.1. The number of ether oxygens (including phenoxy) is 1. The van der Waals surface area contributed by atoms with Gasteiger partial charge in [0.1, 0.15) is 24.3 Å². The Morgan fingerprint density at radius 2 is 2.00 bits per heavy atom. The van der Waals surface area contributed by atoms with E-state index >= 15 is 0 Å². The van der Waals surface area contributed by atoms with Gasteiger partial charge in [0.2, 0.25) is 5.91 Å². The molecule has 0 fully saturated rings. The second-order valence-electron chi connectivity index (χ2n) is 5.22. The van der Waals surface area contributed by atoms with E-state index in [0.29, 0.717) is 29.7 Å². The van der Waals surface area contributed by atoms with Crippen LogP contribution in [0.4, 0.5) is 10.1 Å². The maximum atomic E-state index is 14.1. The number of nitrogens with one attached hydrogen (secondary N) is 1. The maximum absolute atomic E-state index is 14.1. The van der Waals surface area contributed by atoms with Crippen LogP contribution >= 0.6 is 0 Å². The van der Waals surface area contributed by atoms with Crippen LogP contribution in [0.15, 0.2) is 42.5 Å². The molecule has 114 valence electrons. The van der Waals surface area contributed by atoms with Crippen molar-refractivity contribution < 1.29 is 19.0 Å². The minimum atomic E-state index is -0.933. The highest BCUT2D eigenvalue weighted by Gasteiger charge is 2.21. The topological polar surface area (TPSA) is 58.6 Å². The molecule has 1 unspecified atom stereocenters. The molecule has 0 aliphatic carbocycles. The number of hydrogen-bond acceptors (Lipinski definition) is 3. The number of rotatable bonds is 4. The molecular weight excluding hydrogens is 285 g/mol. The molecule has 0 aromatic heterocycles. The monoisotopic (exact) mass is 301 g/mol. The predicted molar refractivity (Wildman–Crippen MR) is 80.2 cm³/mol. The average molecular weight is 301 g/mol. The number of halogens is 1. The first-order valence-electron chi connectivity index (χ1n) is 7.11. The molecule has 3 rings (SSSR count). The summed E-state index contributed by atoms with van der Waals surface area (Å²) in [6.45, 7) is 0.0363. The molecule has 4 nitrogen and oxygen atoms in total. The summed E-state index contributed by atoms with van der Waals surface area (Å²) in [7, 11) is 0. The Morgan fingerprint density at radius 1 is 1.23 bits per heavy atom. The molecule has 2 aromatic rings. The molecular formula is C17H16FNO3. The van der Waals surface area contributed by atoms with Gasteiger partial charge >= 0.3 is 0 Å². The third-order valence-corrected chi connectivity index (χ3v) is 3.62. The number of carbonyl (C=O) groups excluding carboxylic acids is 1. The number of carbonyl (C=O) groups is 1. The first-order valence-corrected chi connectivity index (χ1v) is 7.11. The lowest BCUT2D eigenvalue weighted by Crippen LogP contribution is -2.21. The number of anilines is 1. The average Bonchev–Trinajstić information content (AvgIpc) is 2.54. The third kappa shape index (κ3) is 3.09. The zero-order valence-electron chi connectivity index (χ0n) is 11.9. The van der Waals surface area contributed by atoms with Crippen molar-refractivity contribution in [3.05, 3.63) is 59.4 Å². The second-order valence-corrected chi connectivity index (χ2v) is 5.22. The minimum Gasteiger partial charge on any atom is -0.491 e. The largest absolute Gasteiger partial charge is 0.491 e. The van der Waals surface area contributed by atoms with E-state index in [9.17, 15) is 14.3 Å². The van der Waals surface area contributed by atoms with Crippen LogP contribution in [0.2, 0.25) is 0 Å². The van der Waals surface area contributed by atoms with Crippen LogP contribution in [0.5, 0.6) is 5.75 Å². The van der Waals surface area contributed by atoms with Crippen LogP contribution in [0.3, 0.4) is 0 Å². The Balaban J connectivity index is 1.74. The predicted octanol–water partition coefficient (Wildman–Crippen LogP) is 2.82. The van der Waals surface area contributed by atoms with Crippen LogP contribution in [-0.2, 0) is 11.2 Å². The van der Waals surface area contributed by atoms with Crippen LogP contribution in [0.1, 0.15) is 23.7 Å². The van der Waals surface area contributed by atoms with E-state index in [-0.39, 0.29) is 18.2 Å². The number of aliphatic hydroxyl groups excluding tert-OH is 1. The molecule has 0 saturated heterocycles. The van der Waals surface area contributed by atoms with Crippen molar-refractivity contribution in [2.24, 2.45) is 0 Å². The lowest BCUT2D eigenvalue weighted by molar-refractivity contribution is -0.116. The van der Waals surface area contributed by atoms with Crippen LogP contribution in [0, 0.1) is 5.82 Å². The number of amides is 1. The summed E-state index contributed by atoms with van der Waals surface area (Å²) in [5.41, 5.74) is 1.37. The van der Waals surface area contributed by atoms with Crippen molar-refractivity contribution in [1.29, 1.82) is 0 Å². The highest BCUT2D eigenvalue weighted by molar-refractivity contribution is 5.94. The van der Waals surface area contributed by atoms with Gasteiger partial charge in [0, 0.05) is 6.42 Å². The third-order valence-electron chi connectivity index (χ3n) is 3.62. The van der Waals surface area contributed by atoms with Crippen molar-refractivity contribution in [3.8, 4) is 5.75 Å². The summed E-state index contributed by atoms with van der Waals surface area (Å²) in [6, 6.07) is 12.1. The number of hydrogen-bond donors (Lipinski definition) is 2. The van der Waals surface area contributed by atoms with Crippen molar-refractivity contribution in [1.82, 2.24) is 0 Å². The van der Waals surface area contributed by atoms with E-state index in [4.69, 9.17) is 4.74 Å². The molecule has 1 amide bonds. The van der Waals surface area contributed by atoms with Gasteiger partial charge in [-0.05, 0) is 35.7 Å². The summed E-state index contributed by atoms with van der Waals surface area (Å²) in [5, 5.41) is 12.7. The molecule has 5 heteroatoms. The molecule has 1 atom stereocenters. The van der Waals surface area contributed by atoms with Crippen LogP contribution in [-0.4, -0.2) is 17.6 Å². The number of aryl methyl sites for hydroxylation is 1. The summed E-state index contributed by atoms with van der Waals surface area (Å²) in [6.07, 6.45) is -0.136. The smallest absolute Gasteiger partial charge is 0.224 e. The van der Waals surface area contributed by atoms with Gasteiger partial charge in [0.15, 0.2) is 0 Å².